The third kappa shape index (κ3) is 3.74. The highest BCUT2D eigenvalue weighted by atomic mass is 32.2. The first-order valence-corrected chi connectivity index (χ1v) is 9.29. The number of sulfonamides is 1. The van der Waals surface area contributed by atoms with Crippen LogP contribution in [0, 0.1) is 5.82 Å². The number of benzene rings is 2. The molecule has 3 rings (SSSR count). The average molecular weight is 388 g/mol. The second-order valence-electron chi connectivity index (χ2n) is 5.91. The number of hydrogen-bond donors (Lipinski definition) is 1. The van der Waals surface area contributed by atoms with E-state index in [1.165, 1.54) is 22.5 Å². The first-order valence-electron chi connectivity index (χ1n) is 7.85. The SMILES string of the molecule is O=S(=O)(c1ccc(C(F)(F)F)cc1)N1CCNCC1c1cccc(F)c1. The van der Waals surface area contributed by atoms with Crippen LogP contribution < -0.4 is 5.32 Å². The van der Waals surface area contributed by atoms with E-state index >= 15 is 0 Å². The molecule has 1 fully saturated rings. The Kier molecular flexibility index (Phi) is 5.05. The van der Waals surface area contributed by atoms with E-state index in [1.807, 2.05) is 0 Å². The van der Waals surface area contributed by atoms with Gasteiger partial charge in [0.1, 0.15) is 5.82 Å². The zero-order chi connectivity index (χ0) is 18.9. The smallest absolute Gasteiger partial charge is 0.313 e. The lowest BCUT2D eigenvalue weighted by atomic mass is 10.1. The Morgan fingerprint density at radius 3 is 2.38 bits per heavy atom. The molecule has 1 aliphatic rings. The standard InChI is InChI=1S/C17H16F4N2O2S/c18-14-3-1-2-12(10-14)16-11-22-8-9-23(16)26(24,25)15-6-4-13(5-7-15)17(19,20)21/h1-7,10,16,22H,8-9,11H2. The maximum absolute atomic E-state index is 13.5. The molecule has 1 unspecified atom stereocenters. The minimum absolute atomic E-state index is 0.129. The van der Waals surface area contributed by atoms with Crippen molar-refractivity contribution in [3.05, 3.63) is 65.5 Å². The van der Waals surface area contributed by atoms with E-state index < -0.39 is 33.6 Å². The molecule has 140 valence electrons. The predicted molar refractivity (Wildman–Crippen MR) is 87.3 cm³/mol. The lowest BCUT2D eigenvalue weighted by molar-refractivity contribution is -0.137. The van der Waals surface area contributed by atoms with Crippen molar-refractivity contribution in [2.24, 2.45) is 0 Å². The van der Waals surface area contributed by atoms with Gasteiger partial charge in [-0.3, -0.25) is 0 Å². The number of piperazine rings is 1. The summed E-state index contributed by atoms with van der Waals surface area (Å²) >= 11 is 0. The lowest BCUT2D eigenvalue weighted by Crippen LogP contribution is -2.48. The molecule has 0 amide bonds. The molecule has 1 aliphatic heterocycles. The van der Waals surface area contributed by atoms with Crippen molar-refractivity contribution in [1.29, 1.82) is 0 Å². The number of nitrogens with one attached hydrogen (secondary N) is 1. The molecule has 0 saturated carbocycles. The van der Waals surface area contributed by atoms with Gasteiger partial charge in [0.2, 0.25) is 10.0 Å². The van der Waals surface area contributed by atoms with Crippen LogP contribution in [0.15, 0.2) is 53.4 Å². The maximum Gasteiger partial charge on any atom is 0.416 e. The lowest BCUT2D eigenvalue weighted by Gasteiger charge is -2.35. The van der Waals surface area contributed by atoms with Crippen LogP contribution in [0.1, 0.15) is 17.2 Å². The van der Waals surface area contributed by atoms with Crippen LogP contribution in [0.25, 0.3) is 0 Å². The molecule has 0 bridgehead atoms. The van der Waals surface area contributed by atoms with E-state index in [0.29, 0.717) is 12.1 Å². The largest absolute Gasteiger partial charge is 0.416 e. The summed E-state index contributed by atoms with van der Waals surface area (Å²) in [6.07, 6.45) is -4.54. The molecule has 0 aromatic heterocycles. The summed E-state index contributed by atoms with van der Waals surface area (Å²) in [5.41, 5.74) is -0.439. The molecule has 26 heavy (non-hydrogen) atoms. The summed E-state index contributed by atoms with van der Waals surface area (Å²) in [7, 11) is -4.03. The Morgan fingerprint density at radius 2 is 1.77 bits per heavy atom. The minimum atomic E-state index is -4.54. The highest BCUT2D eigenvalue weighted by Crippen LogP contribution is 2.32. The number of halogens is 4. The van der Waals surface area contributed by atoms with Crippen molar-refractivity contribution in [3.8, 4) is 0 Å². The molecule has 0 aliphatic carbocycles. The summed E-state index contributed by atoms with van der Waals surface area (Å²) in [5.74, 6) is -0.486. The van der Waals surface area contributed by atoms with Gasteiger partial charge in [-0.05, 0) is 42.0 Å². The van der Waals surface area contributed by atoms with E-state index in [-0.39, 0.29) is 18.0 Å². The van der Waals surface area contributed by atoms with E-state index in [9.17, 15) is 26.0 Å². The van der Waals surface area contributed by atoms with Crippen LogP contribution in [0.2, 0.25) is 0 Å². The van der Waals surface area contributed by atoms with Gasteiger partial charge in [-0.1, -0.05) is 12.1 Å². The topological polar surface area (TPSA) is 49.4 Å². The van der Waals surface area contributed by atoms with Crippen molar-refractivity contribution in [3.63, 3.8) is 0 Å². The van der Waals surface area contributed by atoms with Gasteiger partial charge >= 0.3 is 6.18 Å². The highest BCUT2D eigenvalue weighted by molar-refractivity contribution is 7.89. The van der Waals surface area contributed by atoms with Gasteiger partial charge in [-0.15, -0.1) is 0 Å². The Morgan fingerprint density at radius 1 is 1.08 bits per heavy atom. The first-order chi connectivity index (χ1) is 12.2. The molecule has 4 nitrogen and oxygen atoms in total. The van der Waals surface area contributed by atoms with Crippen LogP contribution in [-0.4, -0.2) is 32.4 Å². The van der Waals surface area contributed by atoms with Crippen molar-refractivity contribution in [2.75, 3.05) is 19.6 Å². The van der Waals surface area contributed by atoms with E-state index in [0.717, 1.165) is 24.3 Å². The third-order valence-electron chi connectivity index (χ3n) is 4.22. The highest BCUT2D eigenvalue weighted by Gasteiger charge is 2.36. The van der Waals surface area contributed by atoms with Crippen molar-refractivity contribution in [1.82, 2.24) is 9.62 Å². The minimum Gasteiger partial charge on any atom is -0.313 e. The quantitative estimate of drug-likeness (QED) is 0.822. The molecule has 1 N–H and O–H groups in total. The molecule has 2 aromatic carbocycles. The number of rotatable bonds is 3. The zero-order valence-electron chi connectivity index (χ0n) is 13.5. The van der Waals surface area contributed by atoms with E-state index in [2.05, 4.69) is 5.32 Å². The van der Waals surface area contributed by atoms with Crippen LogP contribution >= 0.6 is 0 Å². The van der Waals surface area contributed by atoms with Crippen LogP contribution in [-0.2, 0) is 16.2 Å². The van der Waals surface area contributed by atoms with Crippen LogP contribution in [0.4, 0.5) is 17.6 Å². The fourth-order valence-electron chi connectivity index (χ4n) is 2.92. The third-order valence-corrected chi connectivity index (χ3v) is 6.14. The van der Waals surface area contributed by atoms with Gasteiger partial charge in [0.15, 0.2) is 0 Å². The van der Waals surface area contributed by atoms with Gasteiger partial charge in [-0.25, -0.2) is 12.8 Å². The normalized spacial score (nSPS) is 19.5. The second kappa shape index (κ2) is 6.98. The van der Waals surface area contributed by atoms with Crippen molar-refractivity contribution < 1.29 is 26.0 Å². The Labute approximate surface area is 148 Å². The monoisotopic (exact) mass is 388 g/mol. The molecular formula is C17H16F4N2O2S. The Balaban J connectivity index is 1.96. The van der Waals surface area contributed by atoms with Gasteiger partial charge in [0.05, 0.1) is 16.5 Å². The van der Waals surface area contributed by atoms with Crippen molar-refractivity contribution in [2.45, 2.75) is 17.1 Å². The van der Waals surface area contributed by atoms with E-state index in [4.69, 9.17) is 0 Å². The molecule has 1 saturated heterocycles. The number of alkyl halides is 3. The number of hydrogen-bond acceptors (Lipinski definition) is 3. The van der Waals surface area contributed by atoms with Gasteiger partial charge in [-0.2, -0.15) is 17.5 Å². The maximum atomic E-state index is 13.5. The van der Waals surface area contributed by atoms with Gasteiger partial charge in [0.25, 0.3) is 0 Å². The fraction of sp³-hybridized carbons (Fsp3) is 0.294. The zero-order valence-corrected chi connectivity index (χ0v) is 14.3. The second-order valence-corrected chi connectivity index (χ2v) is 7.80. The molecule has 1 atom stereocenters. The Bertz CT molecular complexity index is 882. The van der Waals surface area contributed by atoms with Gasteiger partial charge in [0, 0.05) is 19.6 Å². The molecule has 0 radical (unpaired) electrons. The fourth-order valence-corrected chi connectivity index (χ4v) is 4.54. The average Bonchev–Trinajstić information content (AvgIpc) is 2.61. The molecule has 2 aromatic rings. The predicted octanol–water partition coefficient (Wildman–Crippen LogP) is 3.18. The Hall–Kier alpha value is -1.97. The summed E-state index contributed by atoms with van der Waals surface area (Å²) in [6, 6.07) is 8.36. The summed E-state index contributed by atoms with van der Waals surface area (Å²) in [6.45, 7) is 0.805. The van der Waals surface area contributed by atoms with Crippen LogP contribution in [0.3, 0.4) is 0 Å². The molecule has 0 spiro atoms. The summed E-state index contributed by atoms with van der Waals surface area (Å²) in [5, 5.41) is 3.06. The molecule has 9 heteroatoms. The summed E-state index contributed by atoms with van der Waals surface area (Å²) in [4.78, 5) is -0.228. The van der Waals surface area contributed by atoms with Crippen molar-refractivity contribution >= 4 is 10.0 Å². The first kappa shape index (κ1) is 18.8. The number of nitrogens with zero attached hydrogens (tertiary/aromatic N) is 1. The summed E-state index contributed by atoms with van der Waals surface area (Å²) < 4.78 is 78.7. The van der Waals surface area contributed by atoms with Crippen LogP contribution in [0.5, 0.6) is 0 Å². The van der Waals surface area contributed by atoms with E-state index in [1.54, 1.807) is 6.07 Å². The molecular weight excluding hydrogens is 372 g/mol. The molecule has 1 heterocycles. The van der Waals surface area contributed by atoms with Gasteiger partial charge < -0.3 is 5.32 Å².